The Morgan fingerprint density at radius 3 is 2.21 bits per heavy atom. The summed E-state index contributed by atoms with van der Waals surface area (Å²) in [6.07, 6.45) is 2.32. The molecule has 0 bridgehead atoms. The Labute approximate surface area is 170 Å². The molecule has 2 fully saturated rings. The monoisotopic (exact) mass is 400 g/mol. The lowest BCUT2D eigenvalue weighted by Gasteiger charge is -2.19. The van der Waals surface area contributed by atoms with Crippen LogP contribution >= 0.6 is 0 Å². The molecule has 156 valence electrons. The maximum absolute atomic E-state index is 12.4. The molecule has 7 nitrogen and oxygen atoms in total. The van der Waals surface area contributed by atoms with Crippen LogP contribution in [0.4, 0.5) is 5.69 Å². The quantitative estimate of drug-likeness (QED) is 0.585. The molecule has 1 aliphatic heterocycles. The van der Waals surface area contributed by atoms with E-state index in [0.29, 0.717) is 5.69 Å². The van der Waals surface area contributed by atoms with E-state index in [0.717, 1.165) is 36.8 Å². The van der Waals surface area contributed by atoms with E-state index in [2.05, 4.69) is 5.32 Å². The van der Waals surface area contributed by atoms with Gasteiger partial charge in [-0.25, -0.2) is 0 Å². The molecule has 1 heterocycles. The van der Waals surface area contributed by atoms with Crippen molar-refractivity contribution in [3.8, 4) is 0 Å². The maximum Gasteiger partial charge on any atom is 0.308 e. The summed E-state index contributed by atoms with van der Waals surface area (Å²) in [7, 11) is 0. The highest BCUT2D eigenvalue weighted by molar-refractivity contribution is 6.05. The molecule has 2 aliphatic rings. The predicted molar refractivity (Wildman–Crippen MR) is 107 cm³/mol. The van der Waals surface area contributed by atoms with Crippen molar-refractivity contribution in [3.63, 3.8) is 0 Å². The largest absolute Gasteiger partial charge is 0.452 e. The number of carbonyl (C=O) groups is 4. The summed E-state index contributed by atoms with van der Waals surface area (Å²) in [6, 6.07) is 5.68. The SMILES string of the molecule is Cc1cccc(C)c1NC(=O)[C@@H](C)OC(=O)CCN1C(=O)[C@H]2CCCC[C@H]2C1=O. The van der Waals surface area contributed by atoms with Crippen molar-refractivity contribution < 1.29 is 23.9 Å². The van der Waals surface area contributed by atoms with Crippen molar-refractivity contribution in [2.24, 2.45) is 11.8 Å². The first-order valence-electron chi connectivity index (χ1n) is 10.2. The summed E-state index contributed by atoms with van der Waals surface area (Å²) >= 11 is 0. The zero-order valence-corrected chi connectivity index (χ0v) is 17.2. The summed E-state index contributed by atoms with van der Waals surface area (Å²) in [5, 5.41) is 2.79. The summed E-state index contributed by atoms with van der Waals surface area (Å²) in [5.74, 6) is -1.83. The van der Waals surface area contributed by atoms with E-state index in [1.165, 1.54) is 11.8 Å². The minimum atomic E-state index is -0.978. The van der Waals surface area contributed by atoms with Crippen LogP contribution in [0.2, 0.25) is 0 Å². The van der Waals surface area contributed by atoms with Gasteiger partial charge in [-0.3, -0.25) is 24.1 Å². The molecule has 0 spiro atoms. The molecule has 3 amide bonds. The van der Waals surface area contributed by atoms with Gasteiger partial charge in [0, 0.05) is 12.2 Å². The van der Waals surface area contributed by atoms with E-state index < -0.39 is 18.0 Å². The van der Waals surface area contributed by atoms with E-state index in [-0.39, 0.29) is 36.6 Å². The molecule has 3 atom stereocenters. The summed E-state index contributed by atoms with van der Waals surface area (Å²) in [5.41, 5.74) is 2.55. The first kappa shape index (κ1) is 21.0. The number of aryl methyl sites for hydroxylation is 2. The average Bonchev–Trinajstić information content (AvgIpc) is 2.93. The third-order valence-electron chi connectivity index (χ3n) is 5.88. The van der Waals surface area contributed by atoms with Gasteiger partial charge in [-0.1, -0.05) is 31.0 Å². The van der Waals surface area contributed by atoms with E-state index in [1.54, 1.807) is 0 Å². The summed E-state index contributed by atoms with van der Waals surface area (Å²) in [4.78, 5) is 50.7. The second-order valence-corrected chi connectivity index (χ2v) is 7.96. The number of nitrogens with zero attached hydrogens (tertiary/aromatic N) is 1. The molecule has 3 rings (SSSR count). The van der Waals surface area contributed by atoms with Gasteiger partial charge < -0.3 is 10.1 Å². The summed E-state index contributed by atoms with van der Waals surface area (Å²) in [6.45, 7) is 5.29. The second-order valence-electron chi connectivity index (χ2n) is 7.96. The van der Waals surface area contributed by atoms with Crippen LogP contribution in [0, 0.1) is 25.7 Å². The van der Waals surface area contributed by atoms with Gasteiger partial charge in [-0.15, -0.1) is 0 Å². The van der Waals surface area contributed by atoms with Gasteiger partial charge in [0.2, 0.25) is 11.8 Å². The number of hydrogen-bond donors (Lipinski definition) is 1. The summed E-state index contributed by atoms with van der Waals surface area (Å²) < 4.78 is 5.21. The van der Waals surface area contributed by atoms with Crippen molar-refractivity contribution in [1.82, 2.24) is 4.90 Å². The highest BCUT2D eigenvalue weighted by Crippen LogP contribution is 2.38. The van der Waals surface area contributed by atoms with E-state index in [9.17, 15) is 19.2 Å². The number of hydrogen-bond acceptors (Lipinski definition) is 5. The molecular weight excluding hydrogens is 372 g/mol. The molecule has 29 heavy (non-hydrogen) atoms. The Balaban J connectivity index is 1.51. The van der Waals surface area contributed by atoms with Gasteiger partial charge in [-0.05, 0) is 44.7 Å². The minimum absolute atomic E-state index is 0.00867. The van der Waals surface area contributed by atoms with Gasteiger partial charge in [0.05, 0.1) is 18.3 Å². The highest BCUT2D eigenvalue weighted by Gasteiger charge is 2.47. The van der Waals surface area contributed by atoms with Crippen LogP contribution in [-0.4, -0.2) is 41.2 Å². The fourth-order valence-corrected chi connectivity index (χ4v) is 4.20. The Kier molecular flexibility index (Phi) is 6.35. The van der Waals surface area contributed by atoms with Crippen molar-refractivity contribution in [2.45, 2.75) is 59.0 Å². The van der Waals surface area contributed by atoms with E-state index in [1.807, 2.05) is 32.0 Å². The number of esters is 1. The maximum atomic E-state index is 12.4. The lowest BCUT2D eigenvalue weighted by Crippen LogP contribution is -2.35. The second kappa shape index (κ2) is 8.76. The number of imide groups is 1. The van der Waals surface area contributed by atoms with Crippen LogP contribution in [0.3, 0.4) is 0 Å². The van der Waals surface area contributed by atoms with Gasteiger partial charge >= 0.3 is 5.97 Å². The van der Waals surface area contributed by atoms with Crippen molar-refractivity contribution in [2.75, 3.05) is 11.9 Å². The van der Waals surface area contributed by atoms with Crippen LogP contribution in [0.5, 0.6) is 0 Å². The molecule has 1 saturated heterocycles. The molecule has 7 heteroatoms. The van der Waals surface area contributed by atoms with Gasteiger partial charge in [0.25, 0.3) is 5.91 Å². The minimum Gasteiger partial charge on any atom is -0.452 e. The lowest BCUT2D eigenvalue weighted by molar-refractivity contribution is -0.154. The van der Waals surface area contributed by atoms with Gasteiger partial charge in [-0.2, -0.15) is 0 Å². The molecule has 1 aromatic rings. The van der Waals surface area contributed by atoms with Crippen LogP contribution in [0.1, 0.15) is 50.2 Å². The third-order valence-corrected chi connectivity index (χ3v) is 5.88. The Morgan fingerprint density at radius 2 is 1.66 bits per heavy atom. The van der Waals surface area contributed by atoms with Crippen molar-refractivity contribution in [1.29, 1.82) is 0 Å². The molecule has 0 aromatic heterocycles. The topological polar surface area (TPSA) is 92.8 Å². The molecule has 1 aliphatic carbocycles. The fourth-order valence-electron chi connectivity index (χ4n) is 4.20. The zero-order chi connectivity index (χ0) is 21.1. The van der Waals surface area contributed by atoms with Crippen LogP contribution < -0.4 is 5.32 Å². The highest BCUT2D eigenvalue weighted by atomic mass is 16.5. The number of anilines is 1. The van der Waals surface area contributed by atoms with Crippen LogP contribution in [0.25, 0.3) is 0 Å². The molecule has 0 radical (unpaired) electrons. The normalized spacial score (nSPS) is 22.2. The smallest absolute Gasteiger partial charge is 0.308 e. The molecule has 1 saturated carbocycles. The number of rotatable bonds is 6. The molecule has 0 unspecified atom stereocenters. The Morgan fingerprint density at radius 1 is 1.10 bits per heavy atom. The Hall–Kier alpha value is -2.70. The standard InChI is InChI=1S/C22H28N2O5/c1-13-7-6-8-14(2)19(13)23-20(26)15(3)29-18(25)11-12-24-21(27)16-9-4-5-10-17(16)22(24)28/h6-8,15-17H,4-5,9-12H2,1-3H3,(H,23,26)/t15-,16-,17+/m1/s1. The number of ether oxygens (including phenoxy) is 1. The van der Waals surface area contributed by atoms with Gasteiger partial charge in [0.1, 0.15) is 0 Å². The lowest BCUT2D eigenvalue weighted by atomic mass is 9.81. The number of carbonyl (C=O) groups excluding carboxylic acids is 4. The first-order chi connectivity index (χ1) is 13.8. The number of benzene rings is 1. The Bertz CT molecular complexity index is 790. The molecule has 1 N–H and O–H groups in total. The predicted octanol–water partition coefficient (Wildman–Crippen LogP) is 2.74. The van der Waals surface area contributed by atoms with Gasteiger partial charge in [0.15, 0.2) is 6.10 Å². The zero-order valence-electron chi connectivity index (χ0n) is 17.2. The van der Waals surface area contributed by atoms with E-state index >= 15 is 0 Å². The number of fused-ring (bicyclic) bond motifs is 1. The molecule has 1 aromatic carbocycles. The number of amides is 3. The fraction of sp³-hybridized carbons (Fsp3) is 0.545. The van der Waals surface area contributed by atoms with Crippen molar-refractivity contribution >= 4 is 29.4 Å². The van der Waals surface area contributed by atoms with Crippen LogP contribution in [0.15, 0.2) is 18.2 Å². The number of nitrogens with one attached hydrogen (secondary N) is 1. The van der Waals surface area contributed by atoms with Crippen LogP contribution in [-0.2, 0) is 23.9 Å². The number of likely N-dealkylation sites (tertiary alicyclic amines) is 1. The third kappa shape index (κ3) is 4.49. The van der Waals surface area contributed by atoms with Crippen molar-refractivity contribution in [3.05, 3.63) is 29.3 Å². The number of para-hydroxylation sites is 1. The molecular formula is C22H28N2O5. The van der Waals surface area contributed by atoms with E-state index in [4.69, 9.17) is 4.74 Å². The average molecular weight is 400 g/mol. The first-order valence-corrected chi connectivity index (χ1v) is 10.2.